The van der Waals surface area contributed by atoms with Crippen molar-refractivity contribution in [3.05, 3.63) is 90.4 Å². The number of urea groups is 1. The Hall–Kier alpha value is -5.39. The first-order valence-electron chi connectivity index (χ1n) is 14.4. The van der Waals surface area contributed by atoms with Crippen LogP contribution in [0.2, 0.25) is 0 Å². The lowest BCUT2D eigenvalue weighted by Crippen LogP contribution is -2.49. The Morgan fingerprint density at radius 3 is 2.18 bits per heavy atom. The summed E-state index contributed by atoms with van der Waals surface area (Å²) in [7, 11) is 0. The van der Waals surface area contributed by atoms with Gasteiger partial charge in [0, 0.05) is 35.4 Å². The second-order valence-electron chi connectivity index (χ2n) is 12.5. The van der Waals surface area contributed by atoms with Gasteiger partial charge >= 0.3 is 12.1 Å². The third kappa shape index (κ3) is 9.05. The van der Waals surface area contributed by atoms with Crippen molar-refractivity contribution in [2.75, 3.05) is 17.2 Å². The highest BCUT2D eigenvalue weighted by atomic mass is 16.5. The van der Waals surface area contributed by atoms with Gasteiger partial charge in [-0.2, -0.15) is 5.10 Å². The van der Waals surface area contributed by atoms with Gasteiger partial charge < -0.3 is 20.5 Å². The molecule has 2 aromatic heterocycles. The zero-order valence-electron chi connectivity index (χ0n) is 26.3. The Kier molecular flexibility index (Phi) is 9.75. The molecule has 0 fully saturated rings. The molecule has 4 amide bonds. The SMILES string of the molecule is CC(C)(C)c1cc(NC(=O)Nc2ccc(Oc3cccnc3)cc2)n(-c2ccc(CNC(=O)CN(C(=O)O)C(C)(C)C)cc2)n1. The van der Waals surface area contributed by atoms with Crippen molar-refractivity contribution < 1.29 is 24.2 Å². The van der Waals surface area contributed by atoms with E-state index in [2.05, 4.69) is 20.9 Å². The molecule has 0 aliphatic heterocycles. The summed E-state index contributed by atoms with van der Waals surface area (Å²) in [6.45, 7) is 11.3. The minimum absolute atomic E-state index is 0.225. The van der Waals surface area contributed by atoms with E-state index in [-0.39, 0.29) is 18.5 Å². The topological polar surface area (TPSA) is 151 Å². The predicted molar refractivity (Wildman–Crippen MR) is 172 cm³/mol. The van der Waals surface area contributed by atoms with E-state index >= 15 is 0 Å². The molecule has 0 saturated carbocycles. The van der Waals surface area contributed by atoms with Crippen LogP contribution in [0.4, 0.5) is 21.1 Å². The van der Waals surface area contributed by atoms with Crippen LogP contribution in [-0.2, 0) is 16.8 Å². The van der Waals surface area contributed by atoms with Crippen LogP contribution in [0, 0.1) is 0 Å². The summed E-state index contributed by atoms with van der Waals surface area (Å²) in [6.07, 6.45) is 2.13. The van der Waals surface area contributed by atoms with Gasteiger partial charge in [-0.3, -0.25) is 20.0 Å². The van der Waals surface area contributed by atoms with Crippen LogP contribution in [0.15, 0.2) is 79.1 Å². The fraction of sp³-hybridized carbons (Fsp3) is 0.303. The van der Waals surface area contributed by atoms with Gasteiger partial charge in [0.1, 0.15) is 23.9 Å². The summed E-state index contributed by atoms with van der Waals surface area (Å²) in [5.74, 6) is 1.30. The molecule has 45 heavy (non-hydrogen) atoms. The molecule has 2 heterocycles. The number of amides is 4. The van der Waals surface area contributed by atoms with Crippen molar-refractivity contribution in [1.82, 2.24) is 25.0 Å². The van der Waals surface area contributed by atoms with Gasteiger partial charge in [0.05, 0.1) is 17.6 Å². The Morgan fingerprint density at radius 1 is 0.911 bits per heavy atom. The predicted octanol–water partition coefficient (Wildman–Crippen LogP) is 6.40. The smallest absolute Gasteiger partial charge is 0.408 e. The van der Waals surface area contributed by atoms with Gasteiger partial charge in [-0.15, -0.1) is 0 Å². The number of hydrogen-bond acceptors (Lipinski definition) is 6. The number of benzene rings is 2. The summed E-state index contributed by atoms with van der Waals surface area (Å²) < 4.78 is 7.41. The normalized spacial score (nSPS) is 11.4. The van der Waals surface area contributed by atoms with Gasteiger partial charge in [0.2, 0.25) is 5.91 Å². The Morgan fingerprint density at radius 2 is 1.60 bits per heavy atom. The van der Waals surface area contributed by atoms with E-state index < -0.39 is 23.6 Å². The van der Waals surface area contributed by atoms with Crippen molar-refractivity contribution in [1.29, 1.82) is 0 Å². The highest BCUT2D eigenvalue weighted by Crippen LogP contribution is 2.27. The molecule has 4 rings (SSSR count). The molecule has 236 valence electrons. The summed E-state index contributed by atoms with van der Waals surface area (Å²) in [4.78, 5) is 42.1. The maximum absolute atomic E-state index is 13.0. The third-order valence-electron chi connectivity index (χ3n) is 6.71. The lowest BCUT2D eigenvalue weighted by Gasteiger charge is -2.32. The van der Waals surface area contributed by atoms with Crippen LogP contribution in [-0.4, -0.2) is 54.9 Å². The van der Waals surface area contributed by atoms with Crippen LogP contribution in [0.5, 0.6) is 11.5 Å². The Labute approximate surface area is 262 Å². The molecule has 4 aromatic rings. The van der Waals surface area contributed by atoms with Gasteiger partial charge in [-0.1, -0.05) is 32.9 Å². The van der Waals surface area contributed by atoms with Crippen LogP contribution in [0.3, 0.4) is 0 Å². The molecule has 12 heteroatoms. The maximum atomic E-state index is 13.0. The number of rotatable bonds is 9. The van der Waals surface area contributed by atoms with Crippen molar-refractivity contribution in [3.63, 3.8) is 0 Å². The van der Waals surface area contributed by atoms with Crippen molar-refractivity contribution in [3.8, 4) is 17.2 Å². The molecule has 0 atom stereocenters. The van der Waals surface area contributed by atoms with E-state index in [9.17, 15) is 19.5 Å². The van der Waals surface area contributed by atoms with E-state index in [1.165, 1.54) is 0 Å². The average molecular weight is 614 g/mol. The molecule has 0 radical (unpaired) electrons. The molecule has 0 bridgehead atoms. The standard InChI is InChI=1S/C33H39N7O5/c1-32(2,3)27-18-28(37-30(42)36-23-11-15-25(16-12-23)45-26-8-7-17-34-20-26)40(38-27)24-13-9-22(10-14-24)19-35-29(41)21-39(31(43)44)33(4,5)6/h7-18,20H,19,21H2,1-6H3,(H,35,41)(H,43,44)(H2,36,37,42). The molecular formula is C33H39N7O5. The number of ether oxygens (including phenoxy) is 1. The molecule has 12 nitrogen and oxygen atoms in total. The van der Waals surface area contributed by atoms with E-state index in [4.69, 9.17) is 9.84 Å². The van der Waals surface area contributed by atoms with E-state index in [1.54, 1.807) is 74.2 Å². The number of hydrogen-bond donors (Lipinski definition) is 4. The third-order valence-corrected chi connectivity index (χ3v) is 6.71. The minimum atomic E-state index is -1.15. The summed E-state index contributed by atoms with van der Waals surface area (Å²) in [6, 6.07) is 19.3. The van der Waals surface area contributed by atoms with E-state index in [1.807, 2.05) is 51.1 Å². The number of anilines is 2. The van der Waals surface area contributed by atoms with Crippen LogP contribution >= 0.6 is 0 Å². The second-order valence-corrected chi connectivity index (χ2v) is 12.5. The number of nitrogens with zero attached hydrogens (tertiary/aromatic N) is 4. The van der Waals surface area contributed by atoms with Crippen LogP contribution < -0.4 is 20.7 Å². The van der Waals surface area contributed by atoms with Gasteiger partial charge in [0.25, 0.3) is 0 Å². The molecule has 0 unspecified atom stereocenters. The fourth-order valence-corrected chi connectivity index (χ4v) is 4.21. The van der Waals surface area contributed by atoms with Gasteiger partial charge in [-0.25, -0.2) is 14.3 Å². The summed E-state index contributed by atoms with van der Waals surface area (Å²) >= 11 is 0. The quantitative estimate of drug-likeness (QED) is 0.171. The minimum Gasteiger partial charge on any atom is -0.465 e. The molecule has 0 saturated heterocycles. The second kappa shape index (κ2) is 13.5. The Bertz CT molecular complexity index is 1620. The first-order chi connectivity index (χ1) is 21.2. The highest BCUT2D eigenvalue weighted by Gasteiger charge is 2.28. The molecular weight excluding hydrogens is 574 g/mol. The number of pyridine rings is 1. The Balaban J connectivity index is 1.42. The van der Waals surface area contributed by atoms with Crippen LogP contribution in [0.25, 0.3) is 5.69 Å². The molecule has 0 spiro atoms. The number of carbonyl (C=O) groups excluding carboxylic acids is 2. The average Bonchev–Trinajstić information content (AvgIpc) is 3.40. The monoisotopic (exact) mass is 613 g/mol. The van der Waals surface area contributed by atoms with E-state index in [0.717, 1.165) is 16.2 Å². The lowest BCUT2D eigenvalue weighted by atomic mass is 9.92. The summed E-state index contributed by atoms with van der Waals surface area (Å²) in [5.41, 5.74) is 1.90. The molecule has 4 N–H and O–H groups in total. The zero-order chi connectivity index (χ0) is 32.8. The first kappa shape index (κ1) is 32.5. The van der Waals surface area contributed by atoms with Crippen molar-refractivity contribution >= 4 is 29.5 Å². The molecule has 2 aromatic carbocycles. The lowest BCUT2D eigenvalue weighted by molar-refractivity contribution is -0.123. The van der Waals surface area contributed by atoms with Crippen LogP contribution in [0.1, 0.15) is 52.8 Å². The van der Waals surface area contributed by atoms with Gasteiger partial charge in [-0.05, 0) is 74.9 Å². The first-order valence-corrected chi connectivity index (χ1v) is 14.4. The number of aromatic nitrogens is 3. The number of carbonyl (C=O) groups is 3. The fourth-order valence-electron chi connectivity index (χ4n) is 4.21. The van der Waals surface area contributed by atoms with Crippen molar-refractivity contribution in [2.45, 2.75) is 59.0 Å². The maximum Gasteiger partial charge on any atom is 0.408 e. The molecule has 0 aliphatic carbocycles. The van der Waals surface area contributed by atoms with Crippen molar-refractivity contribution in [2.24, 2.45) is 0 Å². The summed E-state index contributed by atoms with van der Waals surface area (Å²) in [5, 5.41) is 22.7. The zero-order valence-corrected chi connectivity index (χ0v) is 26.3. The number of carboxylic acid groups (broad SMARTS) is 1. The highest BCUT2D eigenvalue weighted by molar-refractivity contribution is 5.99. The molecule has 0 aliphatic rings. The largest absolute Gasteiger partial charge is 0.465 e. The van der Waals surface area contributed by atoms with E-state index in [0.29, 0.717) is 28.7 Å². The van der Waals surface area contributed by atoms with Gasteiger partial charge in [0.15, 0.2) is 0 Å². The number of nitrogens with one attached hydrogen (secondary N) is 3.